The van der Waals surface area contributed by atoms with Crippen molar-refractivity contribution in [3.63, 3.8) is 0 Å². The highest BCUT2D eigenvalue weighted by molar-refractivity contribution is 7.10. The van der Waals surface area contributed by atoms with Crippen molar-refractivity contribution in [2.45, 2.75) is 13.0 Å². The summed E-state index contributed by atoms with van der Waals surface area (Å²) in [5.74, 6) is -2.43. The van der Waals surface area contributed by atoms with Crippen molar-refractivity contribution in [2.24, 2.45) is 0 Å². The molecule has 1 atom stereocenters. The molecule has 0 aliphatic heterocycles. The highest BCUT2D eigenvalue weighted by Crippen LogP contribution is 2.17. The monoisotopic (exact) mass is 199 g/mol. The number of rotatable bonds is 2. The topological polar surface area (TPSA) is 66.4 Å². The van der Waals surface area contributed by atoms with Crippen molar-refractivity contribution in [1.29, 1.82) is 0 Å². The van der Waals surface area contributed by atoms with E-state index >= 15 is 0 Å². The number of hydrogen-bond acceptors (Lipinski definition) is 3. The second kappa shape index (κ2) is 4.04. The second-order valence-corrected chi connectivity index (χ2v) is 3.49. The van der Waals surface area contributed by atoms with Crippen molar-refractivity contribution in [2.75, 3.05) is 0 Å². The van der Waals surface area contributed by atoms with E-state index in [4.69, 9.17) is 5.11 Å². The molecule has 13 heavy (non-hydrogen) atoms. The summed E-state index contributed by atoms with van der Waals surface area (Å²) in [6.07, 6.45) is 0. The Balaban J connectivity index is 2.56. The largest absolute Gasteiger partial charge is 0.474 e. The Morgan fingerprint density at radius 2 is 2.31 bits per heavy atom. The maximum Gasteiger partial charge on any atom is 0.394 e. The molecule has 0 spiro atoms. The van der Waals surface area contributed by atoms with Gasteiger partial charge in [0.1, 0.15) is 0 Å². The SMILES string of the molecule is CC(NC(=O)C(=O)O)c1cccs1. The van der Waals surface area contributed by atoms with Gasteiger partial charge in [0.05, 0.1) is 6.04 Å². The molecule has 0 radical (unpaired) electrons. The van der Waals surface area contributed by atoms with Gasteiger partial charge in [-0.15, -0.1) is 11.3 Å². The molecular formula is C8H9NO3S. The molecule has 1 aromatic heterocycles. The summed E-state index contributed by atoms with van der Waals surface area (Å²) in [6.45, 7) is 1.74. The summed E-state index contributed by atoms with van der Waals surface area (Å²) in [5, 5.41) is 12.5. The van der Waals surface area contributed by atoms with E-state index in [9.17, 15) is 9.59 Å². The van der Waals surface area contributed by atoms with Gasteiger partial charge >= 0.3 is 11.9 Å². The Labute approximate surface area is 79.2 Å². The lowest BCUT2D eigenvalue weighted by Crippen LogP contribution is -2.32. The number of carbonyl (C=O) groups excluding carboxylic acids is 1. The molecule has 0 aliphatic rings. The summed E-state index contributed by atoms with van der Waals surface area (Å²) in [6, 6.07) is 3.45. The smallest absolute Gasteiger partial charge is 0.394 e. The molecule has 0 aliphatic carbocycles. The van der Waals surface area contributed by atoms with Gasteiger partial charge in [0.2, 0.25) is 0 Å². The van der Waals surface area contributed by atoms with Crippen molar-refractivity contribution in [3.05, 3.63) is 22.4 Å². The number of thiophene rings is 1. The molecule has 1 unspecified atom stereocenters. The van der Waals surface area contributed by atoms with Crippen molar-refractivity contribution in [3.8, 4) is 0 Å². The van der Waals surface area contributed by atoms with E-state index in [1.165, 1.54) is 11.3 Å². The van der Waals surface area contributed by atoms with E-state index in [1.807, 2.05) is 17.5 Å². The molecule has 0 aromatic carbocycles. The van der Waals surface area contributed by atoms with Gasteiger partial charge in [-0.3, -0.25) is 4.79 Å². The molecular weight excluding hydrogens is 190 g/mol. The summed E-state index contributed by atoms with van der Waals surface area (Å²) in [4.78, 5) is 21.9. The third-order valence-corrected chi connectivity index (χ3v) is 2.57. The minimum absolute atomic E-state index is 0.247. The van der Waals surface area contributed by atoms with Gasteiger partial charge in [0, 0.05) is 4.88 Å². The molecule has 0 saturated carbocycles. The number of carboxylic acid groups (broad SMARTS) is 1. The maximum atomic E-state index is 10.7. The number of nitrogens with one attached hydrogen (secondary N) is 1. The Morgan fingerprint density at radius 1 is 1.62 bits per heavy atom. The third kappa shape index (κ3) is 2.55. The van der Waals surface area contributed by atoms with E-state index in [2.05, 4.69) is 5.32 Å². The van der Waals surface area contributed by atoms with E-state index < -0.39 is 11.9 Å². The lowest BCUT2D eigenvalue weighted by molar-refractivity contribution is -0.150. The summed E-state index contributed by atoms with van der Waals surface area (Å²) < 4.78 is 0. The van der Waals surface area contributed by atoms with Crippen molar-refractivity contribution < 1.29 is 14.7 Å². The van der Waals surface area contributed by atoms with Crippen LogP contribution in [-0.2, 0) is 9.59 Å². The zero-order valence-electron chi connectivity index (χ0n) is 6.98. The van der Waals surface area contributed by atoms with Crippen LogP contribution in [0.4, 0.5) is 0 Å². The predicted molar refractivity (Wildman–Crippen MR) is 48.5 cm³/mol. The zero-order chi connectivity index (χ0) is 9.84. The van der Waals surface area contributed by atoms with Gasteiger partial charge in [-0.2, -0.15) is 0 Å². The molecule has 1 amide bonds. The fourth-order valence-corrected chi connectivity index (χ4v) is 1.60. The molecule has 1 aromatic rings. The first kappa shape index (κ1) is 9.73. The zero-order valence-corrected chi connectivity index (χ0v) is 7.80. The van der Waals surface area contributed by atoms with Crippen LogP contribution in [-0.4, -0.2) is 17.0 Å². The first-order valence-electron chi connectivity index (χ1n) is 3.68. The molecule has 2 N–H and O–H groups in total. The molecule has 4 nitrogen and oxygen atoms in total. The Kier molecular flexibility index (Phi) is 3.02. The van der Waals surface area contributed by atoms with E-state index in [1.54, 1.807) is 6.92 Å². The molecule has 70 valence electrons. The second-order valence-electron chi connectivity index (χ2n) is 2.52. The molecule has 5 heteroatoms. The van der Waals surface area contributed by atoms with Crippen molar-refractivity contribution >= 4 is 23.2 Å². The minimum atomic E-state index is -1.46. The Morgan fingerprint density at radius 3 is 2.77 bits per heavy atom. The normalized spacial score (nSPS) is 12.1. The average molecular weight is 199 g/mol. The fourth-order valence-electron chi connectivity index (χ4n) is 0.867. The average Bonchev–Trinajstić information content (AvgIpc) is 2.55. The minimum Gasteiger partial charge on any atom is -0.474 e. The van der Waals surface area contributed by atoms with Gasteiger partial charge in [-0.25, -0.2) is 4.79 Å². The van der Waals surface area contributed by atoms with Gasteiger partial charge < -0.3 is 10.4 Å². The number of hydrogen-bond donors (Lipinski definition) is 2. The number of aliphatic carboxylic acids is 1. The van der Waals surface area contributed by atoms with Gasteiger partial charge in [0.15, 0.2) is 0 Å². The maximum absolute atomic E-state index is 10.7. The van der Waals surface area contributed by atoms with Crippen LogP contribution in [0, 0.1) is 0 Å². The lowest BCUT2D eigenvalue weighted by atomic mass is 10.3. The van der Waals surface area contributed by atoms with Crippen LogP contribution in [0.1, 0.15) is 17.8 Å². The molecule has 1 heterocycles. The summed E-state index contributed by atoms with van der Waals surface area (Å²) in [7, 11) is 0. The Bertz CT molecular complexity index is 307. The molecule has 0 fully saturated rings. The van der Waals surface area contributed by atoms with E-state index in [0.29, 0.717) is 0 Å². The van der Waals surface area contributed by atoms with Crippen LogP contribution in [0.2, 0.25) is 0 Å². The van der Waals surface area contributed by atoms with Crippen LogP contribution < -0.4 is 5.32 Å². The first-order chi connectivity index (χ1) is 6.11. The van der Waals surface area contributed by atoms with E-state index in [0.717, 1.165) is 4.88 Å². The summed E-state index contributed by atoms with van der Waals surface area (Å²) >= 11 is 1.48. The molecule has 0 saturated heterocycles. The fraction of sp³-hybridized carbons (Fsp3) is 0.250. The number of carboxylic acids is 1. The lowest BCUT2D eigenvalue weighted by Gasteiger charge is -2.09. The van der Waals surface area contributed by atoms with Gasteiger partial charge in [-0.1, -0.05) is 6.07 Å². The van der Waals surface area contributed by atoms with Crippen LogP contribution in [0.25, 0.3) is 0 Å². The first-order valence-corrected chi connectivity index (χ1v) is 4.56. The van der Waals surface area contributed by atoms with Crippen molar-refractivity contribution in [1.82, 2.24) is 5.32 Å². The third-order valence-electron chi connectivity index (χ3n) is 1.51. The van der Waals surface area contributed by atoms with Gasteiger partial charge in [0.25, 0.3) is 0 Å². The summed E-state index contributed by atoms with van der Waals surface area (Å²) in [5.41, 5.74) is 0. The van der Waals surface area contributed by atoms with Crippen LogP contribution in [0.3, 0.4) is 0 Å². The van der Waals surface area contributed by atoms with Crippen LogP contribution >= 0.6 is 11.3 Å². The standard InChI is InChI=1S/C8H9NO3S/c1-5(6-3-2-4-13-6)9-7(10)8(11)12/h2-5H,1H3,(H,9,10)(H,11,12). The number of amides is 1. The van der Waals surface area contributed by atoms with Crippen LogP contribution in [0.5, 0.6) is 0 Å². The van der Waals surface area contributed by atoms with Gasteiger partial charge in [-0.05, 0) is 18.4 Å². The number of carbonyl (C=O) groups is 2. The Hall–Kier alpha value is -1.36. The predicted octanol–water partition coefficient (Wildman–Crippen LogP) is 1.01. The van der Waals surface area contributed by atoms with Crippen LogP contribution in [0.15, 0.2) is 17.5 Å². The highest BCUT2D eigenvalue weighted by Gasteiger charge is 2.15. The highest BCUT2D eigenvalue weighted by atomic mass is 32.1. The van der Waals surface area contributed by atoms with E-state index in [-0.39, 0.29) is 6.04 Å². The quantitative estimate of drug-likeness (QED) is 0.698. The molecule has 0 bridgehead atoms. The molecule has 1 rings (SSSR count).